The predicted octanol–water partition coefficient (Wildman–Crippen LogP) is 2.34. The zero-order valence-electron chi connectivity index (χ0n) is 11.9. The van der Waals surface area contributed by atoms with Crippen molar-refractivity contribution in [2.24, 2.45) is 11.5 Å². The maximum atomic E-state index is 11.4. The summed E-state index contributed by atoms with van der Waals surface area (Å²) in [4.78, 5) is 23.0. The molecule has 1 aliphatic rings. The van der Waals surface area contributed by atoms with Gasteiger partial charge in [0.2, 0.25) is 5.91 Å². The highest BCUT2D eigenvalue weighted by molar-refractivity contribution is 7.99. The Bertz CT molecular complexity index is 698. The number of benzene rings is 1. The molecule has 0 atom stereocenters. The fourth-order valence-corrected chi connectivity index (χ4v) is 2.69. The second-order valence-electron chi connectivity index (χ2n) is 4.68. The average Bonchev–Trinajstić information content (AvgIpc) is 2.49. The fraction of sp³-hybridized carbons (Fsp3) is 0.0588. The number of primary amides is 1. The number of rotatable bonds is 5. The van der Waals surface area contributed by atoms with E-state index in [0.717, 1.165) is 16.8 Å². The summed E-state index contributed by atoms with van der Waals surface area (Å²) in [6, 6.07) is 7.30. The normalized spacial score (nSPS) is 22.8. The third-order valence-corrected chi connectivity index (χ3v) is 4.05. The molecular weight excluding hydrogens is 296 g/mol. The van der Waals surface area contributed by atoms with Crippen LogP contribution in [0.5, 0.6) is 0 Å². The molecule has 22 heavy (non-hydrogen) atoms. The van der Waals surface area contributed by atoms with Crippen molar-refractivity contribution < 1.29 is 9.59 Å². The van der Waals surface area contributed by atoms with Crippen LogP contribution in [0.15, 0.2) is 76.4 Å². The van der Waals surface area contributed by atoms with Crippen LogP contribution in [0.4, 0.5) is 0 Å². The van der Waals surface area contributed by atoms with E-state index in [1.807, 2.05) is 18.2 Å². The summed E-state index contributed by atoms with van der Waals surface area (Å²) >= 11 is 1.59. The van der Waals surface area contributed by atoms with Crippen LogP contribution in [0, 0.1) is 0 Å². The van der Waals surface area contributed by atoms with Gasteiger partial charge >= 0.3 is 0 Å². The fourth-order valence-electron chi connectivity index (χ4n) is 1.86. The monoisotopic (exact) mass is 312 g/mol. The molecule has 1 aromatic rings. The molecule has 0 saturated carbocycles. The minimum absolute atomic E-state index is 0.437. The molecule has 1 aliphatic carbocycles. The summed E-state index contributed by atoms with van der Waals surface area (Å²) in [7, 11) is 0. The molecule has 0 radical (unpaired) electrons. The van der Waals surface area contributed by atoms with E-state index in [0.29, 0.717) is 22.6 Å². The lowest BCUT2D eigenvalue weighted by molar-refractivity contribution is -0.114. The van der Waals surface area contributed by atoms with Crippen LogP contribution in [0.2, 0.25) is 0 Å². The molecule has 0 heterocycles. The van der Waals surface area contributed by atoms with Crippen LogP contribution in [-0.2, 0) is 4.79 Å². The molecule has 0 aliphatic heterocycles. The maximum Gasteiger partial charge on any atom is 0.248 e. The van der Waals surface area contributed by atoms with Crippen LogP contribution in [0.1, 0.15) is 10.4 Å². The molecule has 1 aromatic carbocycles. The minimum atomic E-state index is -0.476. The molecule has 0 saturated heterocycles. The molecule has 4 N–H and O–H groups in total. The highest BCUT2D eigenvalue weighted by Crippen LogP contribution is 2.23. The van der Waals surface area contributed by atoms with Gasteiger partial charge in [0.15, 0.2) is 0 Å². The van der Waals surface area contributed by atoms with Gasteiger partial charge in [0.05, 0.1) is 0 Å². The van der Waals surface area contributed by atoms with Crippen molar-refractivity contribution in [2.45, 2.75) is 4.90 Å². The van der Waals surface area contributed by atoms with E-state index in [1.54, 1.807) is 48.2 Å². The van der Waals surface area contributed by atoms with E-state index < -0.39 is 5.91 Å². The smallest absolute Gasteiger partial charge is 0.248 e. The quantitative estimate of drug-likeness (QED) is 0.645. The van der Waals surface area contributed by atoms with Crippen molar-refractivity contribution >= 4 is 24.0 Å². The van der Waals surface area contributed by atoms with Gasteiger partial charge in [-0.05, 0) is 42.0 Å². The predicted molar refractivity (Wildman–Crippen MR) is 89.3 cm³/mol. The maximum absolute atomic E-state index is 11.4. The molecule has 4 nitrogen and oxygen atoms in total. The molecule has 0 spiro atoms. The number of aldehydes is 1. The Hall–Kier alpha value is -2.53. The molecule has 1 amide bonds. The zero-order chi connectivity index (χ0) is 15.9. The Kier molecular flexibility index (Phi) is 5.38. The van der Waals surface area contributed by atoms with Gasteiger partial charge in [-0.1, -0.05) is 18.2 Å². The van der Waals surface area contributed by atoms with Crippen molar-refractivity contribution in [3.05, 3.63) is 77.1 Å². The van der Waals surface area contributed by atoms with Gasteiger partial charge in [0.1, 0.15) is 6.29 Å². The summed E-state index contributed by atoms with van der Waals surface area (Å²) in [5.74, 6) is 0.163. The number of hydrogen-bond acceptors (Lipinski definition) is 4. The number of allylic oxidation sites excluding steroid dienone is 4. The third-order valence-electron chi connectivity index (χ3n) is 2.96. The Morgan fingerprint density at radius 3 is 2.55 bits per heavy atom. The number of hydrogen-bond donors (Lipinski definition) is 2. The highest BCUT2D eigenvalue weighted by Gasteiger charge is 2.06. The lowest BCUT2D eigenvalue weighted by Gasteiger charge is -2.07. The van der Waals surface area contributed by atoms with Gasteiger partial charge in [0, 0.05) is 27.5 Å². The van der Waals surface area contributed by atoms with Gasteiger partial charge in [-0.25, -0.2) is 0 Å². The zero-order valence-corrected chi connectivity index (χ0v) is 12.7. The average molecular weight is 312 g/mol. The molecule has 0 fully saturated rings. The van der Waals surface area contributed by atoms with Crippen LogP contribution in [0.3, 0.4) is 0 Å². The van der Waals surface area contributed by atoms with E-state index in [9.17, 15) is 9.59 Å². The van der Waals surface area contributed by atoms with Gasteiger partial charge < -0.3 is 11.5 Å². The van der Waals surface area contributed by atoms with Crippen molar-refractivity contribution in [1.29, 1.82) is 0 Å². The minimum Gasteiger partial charge on any atom is -0.399 e. The van der Waals surface area contributed by atoms with Crippen LogP contribution in [-0.4, -0.2) is 17.9 Å². The Morgan fingerprint density at radius 1 is 1.18 bits per heavy atom. The summed E-state index contributed by atoms with van der Waals surface area (Å²) in [6.07, 6.45) is 9.44. The van der Waals surface area contributed by atoms with Crippen LogP contribution < -0.4 is 11.5 Å². The number of nitrogens with two attached hydrogens (primary N) is 2. The number of carbonyl (C=O) groups excluding carboxylic acids is 2. The Labute approximate surface area is 133 Å². The molecule has 2 rings (SSSR count). The Balaban J connectivity index is 2.14. The van der Waals surface area contributed by atoms with Crippen molar-refractivity contribution in [3.8, 4) is 0 Å². The SMILES string of the molecule is NC(=O)C1=C/C(CSc2ccc(C=O)cc2)=C\C(N)=C/C=C\1. The number of thioether (sulfide) groups is 1. The number of carbonyl (C=O) groups is 2. The molecule has 0 aromatic heterocycles. The van der Waals surface area contributed by atoms with E-state index in [4.69, 9.17) is 11.5 Å². The van der Waals surface area contributed by atoms with Gasteiger partial charge in [-0.15, -0.1) is 11.8 Å². The van der Waals surface area contributed by atoms with Crippen molar-refractivity contribution in [2.75, 3.05) is 5.75 Å². The topological polar surface area (TPSA) is 86.2 Å². The number of amides is 1. The van der Waals surface area contributed by atoms with Crippen molar-refractivity contribution in [3.63, 3.8) is 0 Å². The summed E-state index contributed by atoms with van der Waals surface area (Å²) < 4.78 is 0. The molecule has 0 bridgehead atoms. The first-order chi connectivity index (χ1) is 10.6. The first-order valence-corrected chi connectivity index (χ1v) is 7.61. The largest absolute Gasteiger partial charge is 0.399 e. The van der Waals surface area contributed by atoms with Gasteiger partial charge in [-0.2, -0.15) is 0 Å². The second kappa shape index (κ2) is 7.47. The second-order valence-corrected chi connectivity index (χ2v) is 5.73. The molecule has 5 heteroatoms. The van der Waals surface area contributed by atoms with Gasteiger partial charge in [-0.3, -0.25) is 9.59 Å². The third kappa shape index (κ3) is 4.49. The lowest BCUT2D eigenvalue weighted by Crippen LogP contribution is -2.13. The van der Waals surface area contributed by atoms with Crippen molar-refractivity contribution in [1.82, 2.24) is 0 Å². The first kappa shape index (κ1) is 15.9. The first-order valence-electron chi connectivity index (χ1n) is 6.62. The highest BCUT2D eigenvalue weighted by atomic mass is 32.2. The van der Waals surface area contributed by atoms with E-state index in [2.05, 4.69) is 0 Å². The van der Waals surface area contributed by atoms with Crippen LogP contribution >= 0.6 is 11.8 Å². The standard InChI is InChI=1S/C17H16N2O2S/c18-15-3-1-2-14(17(19)21)8-13(9-15)11-22-16-6-4-12(10-20)5-7-16/h1-10H,11,18H2,(H2,19,21)/b2-1-,3-1?,13-8?,13-9+,14-2?,14-8+,15-3+,15-9?. The Morgan fingerprint density at radius 2 is 1.91 bits per heavy atom. The van der Waals surface area contributed by atoms with Crippen LogP contribution in [0.25, 0.3) is 0 Å². The van der Waals surface area contributed by atoms with E-state index >= 15 is 0 Å². The van der Waals surface area contributed by atoms with Gasteiger partial charge in [0.25, 0.3) is 0 Å². The molecular formula is C17H16N2O2S. The molecule has 0 unspecified atom stereocenters. The lowest BCUT2D eigenvalue weighted by atomic mass is 10.1. The van der Waals surface area contributed by atoms with E-state index in [-0.39, 0.29) is 0 Å². The van der Waals surface area contributed by atoms with E-state index in [1.165, 1.54) is 0 Å². The summed E-state index contributed by atoms with van der Waals surface area (Å²) in [5, 5.41) is 0. The summed E-state index contributed by atoms with van der Waals surface area (Å²) in [6.45, 7) is 0. The summed E-state index contributed by atoms with van der Waals surface area (Å²) in [5.41, 5.74) is 13.8. The molecule has 112 valence electrons.